The van der Waals surface area contributed by atoms with Crippen LogP contribution in [0.3, 0.4) is 0 Å². The number of carbonyl (C=O) groups is 1. The summed E-state index contributed by atoms with van der Waals surface area (Å²) in [6, 6.07) is 12.4. The Morgan fingerprint density at radius 2 is 1.84 bits per heavy atom. The minimum atomic E-state index is -0.248. The van der Waals surface area contributed by atoms with E-state index in [1.165, 1.54) is 4.68 Å². The lowest BCUT2D eigenvalue weighted by atomic mass is 10.2. The minimum Gasteiger partial charge on any atom is -0.338 e. The van der Waals surface area contributed by atoms with E-state index in [4.69, 9.17) is 23.2 Å². The molecule has 0 atom stereocenters. The molecule has 3 rings (SSSR count). The van der Waals surface area contributed by atoms with Gasteiger partial charge in [-0.1, -0.05) is 46.6 Å². The fraction of sp³-hybridized carbons (Fsp3) is 0.364. The molecular weight excluding hydrogens is 437 g/mol. The van der Waals surface area contributed by atoms with Crippen molar-refractivity contribution in [3.63, 3.8) is 0 Å². The summed E-state index contributed by atoms with van der Waals surface area (Å²) in [6.07, 6.45) is 0.978. The van der Waals surface area contributed by atoms with E-state index in [9.17, 15) is 9.59 Å². The van der Waals surface area contributed by atoms with Crippen LogP contribution in [0.25, 0.3) is 10.9 Å². The highest BCUT2D eigenvalue weighted by Crippen LogP contribution is 2.23. The van der Waals surface area contributed by atoms with Crippen molar-refractivity contribution in [1.82, 2.24) is 24.8 Å². The second-order valence-electron chi connectivity index (χ2n) is 7.61. The van der Waals surface area contributed by atoms with E-state index in [1.807, 2.05) is 20.2 Å². The van der Waals surface area contributed by atoms with Crippen molar-refractivity contribution in [3.8, 4) is 0 Å². The predicted octanol–water partition coefficient (Wildman–Crippen LogP) is 3.47. The summed E-state index contributed by atoms with van der Waals surface area (Å²) in [5.41, 5.74) is 1.19. The molecule has 2 aromatic carbocycles. The van der Waals surface area contributed by atoms with Crippen molar-refractivity contribution in [1.29, 1.82) is 0 Å². The van der Waals surface area contributed by atoms with Crippen LogP contribution in [-0.2, 0) is 17.9 Å². The fourth-order valence-electron chi connectivity index (χ4n) is 3.26. The van der Waals surface area contributed by atoms with Gasteiger partial charge in [-0.3, -0.25) is 9.59 Å². The molecule has 0 radical (unpaired) electrons. The smallest absolute Gasteiger partial charge is 0.277 e. The Kier molecular flexibility index (Phi) is 8.01. The van der Waals surface area contributed by atoms with Gasteiger partial charge in [0.05, 0.1) is 22.0 Å². The van der Waals surface area contributed by atoms with E-state index in [0.717, 1.165) is 18.5 Å². The molecule has 31 heavy (non-hydrogen) atoms. The first-order valence-corrected chi connectivity index (χ1v) is 10.8. The normalized spacial score (nSPS) is 11.3. The van der Waals surface area contributed by atoms with Crippen molar-refractivity contribution in [2.24, 2.45) is 0 Å². The second-order valence-corrected chi connectivity index (χ2v) is 8.42. The molecule has 0 fully saturated rings. The van der Waals surface area contributed by atoms with Gasteiger partial charge in [-0.05, 0) is 56.9 Å². The van der Waals surface area contributed by atoms with Gasteiger partial charge in [0.2, 0.25) is 5.91 Å². The Balaban J connectivity index is 1.72. The molecule has 164 valence electrons. The first kappa shape index (κ1) is 23.2. The zero-order valence-corrected chi connectivity index (χ0v) is 19.1. The molecule has 0 aliphatic rings. The summed E-state index contributed by atoms with van der Waals surface area (Å²) in [5, 5.41) is 9.47. The maximum absolute atomic E-state index is 13.0. The topological polar surface area (TPSA) is 71.3 Å². The first-order valence-electron chi connectivity index (χ1n) is 10.0. The van der Waals surface area contributed by atoms with E-state index < -0.39 is 0 Å². The number of halogens is 2. The number of hydrogen-bond acceptors (Lipinski definition) is 5. The highest BCUT2D eigenvalue weighted by Gasteiger charge is 2.16. The monoisotopic (exact) mass is 461 g/mol. The summed E-state index contributed by atoms with van der Waals surface area (Å²) >= 11 is 12.1. The van der Waals surface area contributed by atoms with Crippen LogP contribution in [0.1, 0.15) is 18.4 Å². The van der Waals surface area contributed by atoms with Gasteiger partial charge in [0.15, 0.2) is 0 Å². The summed E-state index contributed by atoms with van der Waals surface area (Å²) in [4.78, 5) is 29.5. The largest absolute Gasteiger partial charge is 0.338 e. The number of carbonyl (C=O) groups excluding carboxylic acids is 1. The Labute approximate surface area is 191 Å². The molecule has 0 aliphatic carbocycles. The average molecular weight is 462 g/mol. The van der Waals surface area contributed by atoms with Crippen LogP contribution in [0.2, 0.25) is 10.0 Å². The molecule has 0 bridgehead atoms. The summed E-state index contributed by atoms with van der Waals surface area (Å²) in [7, 11) is 3.99. The average Bonchev–Trinajstić information content (AvgIpc) is 2.75. The van der Waals surface area contributed by atoms with Crippen LogP contribution in [0.15, 0.2) is 47.3 Å². The summed E-state index contributed by atoms with van der Waals surface area (Å²) < 4.78 is 1.25. The molecule has 0 N–H and O–H groups in total. The van der Waals surface area contributed by atoms with Crippen LogP contribution in [0, 0.1) is 0 Å². The van der Waals surface area contributed by atoms with Crippen molar-refractivity contribution >= 4 is 40.0 Å². The Hall–Kier alpha value is -2.48. The van der Waals surface area contributed by atoms with E-state index >= 15 is 0 Å². The zero-order valence-electron chi connectivity index (χ0n) is 17.6. The molecule has 9 heteroatoms. The fourth-order valence-corrected chi connectivity index (χ4v) is 3.58. The molecule has 3 aromatic rings. The maximum atomic E-state index is 13.0. The molecule has 0 saturated heterocycles. The molecule has 7 nitrogen and oxygen atoms in total. The van der Waals surface area contributed by atoms with Gasteiger partial charge >= 0.3 is 0 Å². The van der Waals surface area contributed by atoms with Crippen LogP contribution in [0.5, 0.6) is 0 Å². The third-order valence-electron chi connectivity index (χ3n) is 4.91. The highest BCUT2D eigenvalue weighted by atomic mass is 35.5. The molecule has 1 aromatic heterocycles. The van der Waals surface area contributed by atoms with Crippen LogP contribution in [0.4, 0.5) is 0 Å². The summed E-state index contributed by atoms with van der Waals surface area (Å²) in [5.74, 6) is -0.0633. The zero-order chi connectivity index (χ0) is 22.4. The molecule has 0 unspecified atom stereocenters. The SMILES string of the molecule is CN(C)CCCN(Cc1ccc(Cl)c(Cl)c1)C(=O)CCn1nnc2ccccc2c1=O. The standard InChI is InChI=1S/C22H25Cl2N5O2/c1-27(2)11-5-12-28(15-16-8-9-18(23)19(24)14-16)21(30)10-13-29-22(31)17-6-3-4-7-20(17)25-26-29/h3-4,6-9,14H,5,10-13,15H2,1-2H3. The number of aromatic nitrogens is 3. The lowest BCUT2D eigenvalue weighted by Crippen LogP contribution is -2.35. The number of benzene rings is 2. The van der Waals surface area contributed by atoms with Gasteiger partial charge in [0.1, 0.15) is 5.52 Å². The van der Waals surface area contributed by atoms with Crippen LogP contribution in [-0.4, -0.2) is 57.9 Å². The van der Waals surface area contributed by atoms with Gasteiger partial charge in [-0.2, -0.15) is 0 Å². The number of hydrogen-bond donors (Lipinski definition) is 0. The number of rotatable bonds is 9. The number of amides is 1. The molecule has 1 heterocycles. The summed E-state index contributed by atoms with van der Waals surface area (Å²) in [6.45, 7) is 2.04. The Morgan fingerprint density at radius 3 is 2.58 bits per heavy atom. The van der Waals surface area contributed by atoms with Crippen molar-refractivity contribution in [2.75, 3.05) is 27.2 Å². The molecule has 0 aliphatic heterocycles. The van der Waals surface area contributed by atoms with E-state index in [0.29, 0.717) is 34.0 Å². The van der Waals surface area contributed by atoms with E-state index in [-0.39, 0.29) is 24.4 Å². The van der Waals surface area contributed by atoms with Crippen molar-refractivity contribution in [2.45, 2.75) is 25.9 Å². The number of fused-ring (bicyclic) bond motifs is 1. The number of nitrogens with zero attached hydrogens (tertiary/aromatic N) is 5. The first-order chi connectivity index (χ1) is 14.8. The highest BCUT2D eigenvalue weighted by molar-refractivity contribution is 6.42. The molecular formula is C22H25Cl2N5O2. The van der Waals surface area contributed by atoms with Crippen LogP contribution < -0.4 is 5.56 Å². The Morgan fingerprint density at radius 1 is 1.06 bits per heavy atom. The minimum absolute atomic E-state index is 0.0633. The van der Waals surface area contributed by atoms with Gasteiger partial charge < -0.3 is 9.80 Å². The second kappa shape index (κ2) is 10.7. The van der Waals surface area contributed by atoms with Gasteiger partial charge in [-0.15, -0.1) is 5.10 Å². The van der Waals surface area contributed by atoms with E-state index in [2.05, 4.69) is 15.2 Å². The lowest BCUT2D eigenvalue weighted by molar-refractivity contribution is -0.132. The van der Waals surface area contributed by atoms with Gasteiger partial charge in [0, 0.05) is 19.5 Å². The number of aryl methyl sites for hydroxylation is 1. The molecule has 0 spiro atoms. The van der Waals surface area contributed by atoms with Gasteiger partial charge in [0.25, 0.3) is 5.56 Å². The Bertz CT molecular complexity index is 1120. The maximum Gasteiger partial charge on any atom is 0.277 e. The van der Waals surface area contributed by atoms with Crippen LogP contribution >= 0.6 is 23.2 Å². The predicted molar refractivity (Wildman–Crippen MR) is 123 cm³/mol. The molecule has 1 amide bonds. The quantitative estimate of drug-likeness (QED) is 0.487. The van der Waals surface area contributed by atoms with Crippen molar-refractivity contribution < 1.29 is 4.79 Å². The van der Waals surface area contributed by atoms with Crippen molar-refractivity contribution in [3.05, 3.63) is 68.4 Å². The van der Waals surface area contributed by atoms with Gasteiger partial charge in [-0.25, -0.2) is 4.68 Å². The third-order valence-corrected chi connectivity index (χ3v) is 5.65. The third kappa shape index (κ3) is 6.26. The lowest BCUT2D eigenvalue weighted by Gasteiger charge is -2.24. The molecule has 0 saturated carbocycles. The van der Waals surface area contributed by atoms with E-state index in [1.54, 1.807) is 41.3 Å².